The number of nitrogens with zero attached hydrogens (tertiary/aromatic N) is 3. The first-order valence-corrected chi connectivity index (χ1v) is 11.9. The standard InChI is InChI=1S/C21H22N4O2S.C2HF3O2/c26-20-16-12-18(28-17(16)4-3-9-22-20)21-23-19(24-27-21)15-7-5-14(6-8-15)13-25-10-1-2-11-25;3-2(4,5)1(6)7/h5-8,12H,1-4,9-11,13H2,(H,22,26);(H,6,7). The second kappa shape index (κ2) is 10.6. The Balaban J connectivity index is 0.000000364. The second-order valence-electron chi connectivity index (χ2n) is 8.21. The number of rotatable bonds is 4. The number of nitrogens with one attached hydrogen (secondary N) is 1. The summed E-state index contributed by atoms with van der Waals surface area (Å²) >= 11 is 1.57. The van der Waals surface area contributed by atoms with Gasteiger partial charge in [-0.15, -0.1) is 11.3 Å². The van der Waals surface area contributed by atoms with Crippen molar-refractivity contribution >= 4 is 23.2 Å². The number of aromatic nitrogens is 2. The van der Waals surface area contributed by atoms with Gasteiger partial charge in [-0.3, -0.25) is 9.69 Å². The third-order valence-electron chi connectivity index (χ3n) is 5.62. The summed E-state index contributed by atoms with van der Waals surface area (Å²) in [6.45, 7) is 4.12. The van der Waals surface area contributed by atoms with Gasteiger partial charge in [0, 0.05) is 23.5 Å². The molecule has 4 heterocycles. The molecule has 0 unspecified atom stereocenters. The molecule has 0 bridgehead atoms. The van der Waals surface area contributed by atoms with Gasteiger partial charge in [0.15, 0.2) is 0 Å². The summed E-state index contributed by atoms with van der Waals surface area (Å²) in [6, 6.07) is 10.3. The Kier molecular flexibility index (Phi) is 7.51. The maximum Gasteiger partial charge on any atom is 0.490 e. The van der Waals surface area contributed by atoms with Gasteiger partial charge in [-0.05, 0) is 50.4 Å². The predicted octanol–water partition coefficient (Wildman–Crippen LogP) is 4.37. The summed E-state index contributed by atoms with van der Waals surface area (Å²) in [5.74, 6) is -1.71. The summed E-state index contributed by atoms with van der Waals surface area (Å²) in [6.07, 6.45) is -0.620. The van der Waals surface area contributed by atoms with Gasteiger partial charge in [0.2, 0.25) is 5.82 Å². The first-order chi connectivity index (χ1) is 16.7. The SMILES string of the molecule is O=C(O)C(F)(F)F.O=C1NCCCc2sc(-c3nc(-c4ccc(CN5CCCC5)cc4)no3)cc21. The van der Waals surface area contributed by atoms with E-state index in [2.05, 4.69) is 44.6 Å². The zero-order valence-electron chi connectivity index (χ0n) is 18.6. The van der Waals surface area contributed by atoms with Crippen LogP contribution in [-0.4, -0.2) is 57.8 Å². The molecule has 1 aromatic carbocycles. The molecular formula is C23H23F3N4O4S. The van der Waals surface area contributed by atoms with Gasteiger partial charge in [-0.25, -0.2) is 4.79 Å². The van der Waals surface area contributed by atoms with Crippen LogP contribution >= 0.6 is 11.3 Å². The number of carboxylic acids is 1. The Hall–Kier alpha value is -3.25. The molecule has 0 radical (unpaired) electrons. The maximum atomic E-state index is 12.2. The number of fused-ring (bicyclic) bond motifs is 1. The highest BCUT2D eigenvalue weighted by Gasteiger charge is 2.38. The quantitative estimate of drug-likeness (QED) is 0.539. The fourth-order valence-electron chi connectivity index (χ4n) is 3.86. The number of hydrogen-bond acceptors (Lipinski definition) is 7. The topological polar surface area (TPSA) is 109 Å². The van der Waals surface area contributed by atoms with Crippen LogP contribution in [0.5, 0.6) is 0 Å². The molecule has 1 fully saturated rings. The lowest BCUT2D eigenvalue weighted by Crippen LogP contribution is -2.22. The summed E-state index contributed by atoms with van der Waals surface area (Å²) in [5.41, 5.74) is 2.99. The molecule has 35 heavy (non-hydrogen) atoms. The summed E-state index contributed by atoms with van der Waals surface area (Å²) in [5, 5.41) is 14.2. The highest BCUT2D eigenvalue weighted by molar-refractivity contribution is 7.15. The van der Waals surface area contributed by atoms with Crippen molar-refractivity contribution < 1.29 is 32.4 Å². The highest BCUT2D eigenvalue weighted by atomic mass is 32.1. The second-order valence-corrected chi connectivity index (χ2v) is 9.35. The number of halogens is 3. The first kappa shape index (κ1) is 24.9. The molecule has 0 saturated carbocycles. The van der Waals surface area contributed by atoms with Gasteiger partial charge in [0.05, 0.1) is 10.4 Å². The number of aryl methyl sites for hydroxylation is 1. The van der Waals surface area contributed by atoms with Crippen molar-refractivity contribution in [3.05, 3.63) is 46.3 Å². The van der Waals surface area contributed by atoms with Crippen molar-refractivity contribution in [3.8, 4) is 22.2 Å². The van der Waals surface area contributed by atoms with Crippen LogP contribution in [0.3, 0.4) is 0 Å². The zero-order chi connectivity index (χ0) is 25.0. The molecule has 2 aliphatic heterocycles. The summed E-state index contributed by atoms with van der Waals surface area (Å²) in [4.78, 5) is 30.1. The van der Waals surface area contributed by atoms with Crippen LogP contribution < -0.4 is 5.32 Å². The molecule has 5 rings (SSSR count). The van der Waals surface area contributed by atoms with E-state index in [4.69, 9.17) is 14.4 Å². The first-order valence-electron chi connectivity index (χ1n) is 11.1. The number of hydrogen-bond donors (Lipinski definition) is 2. The minimum absolute atomic E-state index is 0.0108. The van der Waals surface area contributed by atoms with Crippen LogP contribution in [-0.2, 0) is 17.8 Å². The van der Waals surface area contributed by atoms with Crippen molar-refractivity contribution in [2.75, 3.05) is 19.6 Å². The number of carbonyl (C=O) groups excluding carboxylic acids is 1. The van der Waals surface area contributed by atoms with Gasteiger partial charge >= 0.3 is 12.1 Å². The van der Waals surface area contributed by atoms with Gasteiger partial charge in [0.1, 0.15) is 0 Å². The van der Waals surface area contributed by atoms with Crippen LogP contribution in [0, 0.1) is 0 Å². The maximum absolute atomic E-state index is 12.2. The number of aliphatic carboxylic acids is 1. The Morgan fingerprint density at radius 2 is 1.86 bits per heavy atom. The smallest absolute Gasteiger partial charge is 0.475 e. The minimum atomic E-state index is -5.08. The number of benzene rings is 1. The normalized spacial score (nSPS) is 16.1. The van der Waals surface area contributed by atoms with E-state index in [0.717, 1.165) is 46.8 Å². The number of likely N-dealkylation sites (tertiary alicyclic amines) is 1. The van der Waals surface area contributed by atoms with Crippen LogP contribution in [0.4, 0.5) is 13.2 Å². The van der Waals surface area contributed by atoms with Crippen LogP contribution in [0.1, 0.15) is 40.1 Å². The van der Waals surface area contributed by atoms with E-state index in [-0.39, 0.29) is 5.91 Å². The molecule has 2 aromatic heterocycles. The van der Waals surface area contributed by atoms with Gasteiger partial charge < -0.3 is 14.9 Å². The lowest BCUT2D eigenvalue weighted by molar-refractivity contribution is -0.192. The Bertz CT molecular complexity index is 1180. The zero-order valence-corrected chi connectivity index (χ0v) is 19.4. The number of carbonyl (C=O) groups is 2. The van der Waals surface area contributed by atoms with Crippen molar-refractivity contribution in [1.82, 2.24) is 20.4 Å². The molecule has 1 amide bonds. The molecule has 2 N–H and O–H groups in total. The third kappa shape index (κ3) is 6.25. The van der Waals surface area contributed by atoms with Gasteiger partial charge in [-0.2, -0.15) is 18.2 Å². The van der Waals surface area contributed by atoms with Crippen molar-refractivity contribution in [2.45, 2.75) is 38.4 Å². The van der Waals surface area contributed by atoms with Crippen LogP contribution in [0.15, 0.2) is 34.9 Å². The van der Waals surface area contributed by atoms with Gasteiger partial charge in [0.25, 0.3) is 11.8 Å². The highest BCUT2D eigenvalue weighted by Crippen LogP contribution is 2.33. The number of thiophene rings is 1. The van der Waals surface area contributed by atoms with E-state index in [0.29, 0.717) is 11.7 Å². The molecule has 0 spiro atoms. The predicted molar refractivity (Wildman–Crippen MR) is 122 cm³/mol. The lowest BCUT2D eigenvalue weighted by atomic mass is 10.1. The average molecular weight is 509 g/mol. The van der Waals surface area contributed by atoms with E-state index in [1.165, 1.54) is 31.5 Å². The monoisotopic (exact) mass is 508 g/mol. The summed E-state index contributed by atoms with van der Waals surface area (Å²) in [7, 11) is 0. The number of alkyl halides is 3. The fraction of sp³-hybridized carbons (Fsp3) is 0.391. The Morgan fingerprint density at radius 1 is 1.17 bits per heavy atom. The molecule has 0 aliphatic carbocycles. The number of carboxylic acid groups (broad SMARTS) is 1. The van der Waals surface area contributed by atoms with E-state index in [1.54, 1.807) is 11.3 Å². The van der Waals surface area contributed by atoms with Crippen molar-refractivity contribution in [2.24, 2.45) is 0 Å². The molecule has 12 heteroatoms. The van der Waals surface area contributed by atoms with Crippen molar-refractivity contribution in [3.63, 3.8) is 0 Å². The molecule has 3 aromatic rings. The van der Waals surface area contributed by atoms with Crippen LogP contribution in [0.25, 0.3) is 22.2 Å². The molecule has 2 aliphatic rings. The molecule has 0 atom stereocenters. The third-order valence-corrected chi connectivity index (χ3v) is 6.80. The van der Waals surface area contributed by atoms with Crippen molar-refractivity contribution in [1.29, 1.82) is 0 Å². The minimum Gasteiger partial charge on any atom is -0.475 e. The van der Waals surface area contributed by atoms with E-state index in [9.17, 15) is 18.0 Å². The fourth-order valence-corrected chi connectivity index (χ4v) is 4.98. The molecule has 8 nitrogen and oxygen atoms in total. The van der Waals surface area contributed by atoms with E-state index >= 15 is 0 Å². The Labute approximate surface area is 202 Å². The van der Waals surface area contributed by atoms with E-state index in [1.807, 2.05) is 6.07 Å². The molecule has 186 valence electrons. The molecular weight excluding hydrogens is 485 g/mol. The van der Waals surface area contributed by atoms with Crippen LogP contribution in [0.2, 0.25) is 0 Å². The molecule has 1 saturated heterocycles. The van der Waals surface area contributed by atoms with Gasteiger partial charge in [-0.1, -0.05) is 29.4 Å². The largest absolute Gasteiger partial charge is 0.490 e. The number of amides is 1. The Morgan fingerprint density at radius 3 is 2.51 bits per heavy atom. The lowest BCUT2D eigenvalue weighted by Gasteiger charge is -2.14. The summed E-state index contributed by atoms with van der Waals surface area (Å²) < 4.78 is 37.2. The average Bonchev–Trinajstić information content (AvgIpc) is 3.56. The van der Waals surface area contributed by atoms with E-state index < -0.39 is 12.1 Å².